The topological polar surface area (TPSA) is 110 Å². The molecule has 0 spiro atoms. The first-order chi connectivity index (χ1) is 21.0. The molecule has 0 fully saturated rings. The maximum atomic E-state index is 14.8. The number of benzene rings is 2. The Morgan fingerprint density at radius 1 is 1.00 bits per heavy atom. The zero-order chi connectivity index (χ0) is 32.0. The Morgan fingerprint density at radius 2 is 1.77 bits per heavy atom. The number of amides is 1. The van der Waals surface area contributed by atoms with Crippen molar-refractivity contribution < 1.29 is 32.2 Å². The number of nitrogens with one attached hydrogen (secondary N) is 1. The maximum absolute atomic E-state index is 14.8. The Labute approximate surface area is 252 Å². The van der Waals surface area contributed by atoms with Crippen molar-refractivity contribution in [3.63, 3.8) is 0 Å². The first-order valence-electron chi connectivity index (χ1n) is 13.7. The third-order valence-electron chi connectivity index (χ3n) is 6.84. The predicted molar refractivity (Wildman–Crippen MR) is 160 cm³/mol. The number of halogens is 3. The molecule has 4 rings (SSSR count). The average molecular weight is 611 g/mol. The number of alkyl halides is 2. The first-order valence-corrected chi connectivity index (χ1v) is 13.7. The van der Waals surface area contributed by atoms with Crippen LogP contribution in [0.5, 0.6) is 5.88 Å². The van der Waals surface area contributed by atoms with Gasteiger partial charge in [-0.15, -0.1) is 0 Å². The van der Waals surface area contributed by atoms with E-state index < -0.39 is 23.8 Å². The number of fused-ring (bicyclic) bond motifs is 1. The molecule has 1 amide bonds. The van der Waals surface area contributed by atoms with Crippen LogP contribution in [0.25, 0.3) is 10.9 Å². The van der Waals surface area contributed by atoms with Crippen molar-refractivity contribution in [2.75, 3.05) is 45.1 Å². The fraction of sp³-hybridized carbons (Fsp3) is 0.323. The Morgan fingerprint density at radius 3 is 2.45 bits per heavy atom. The zero-order valence-electron chi connectivity index (χ0n) is 25.0. The summed E-state index contributed by atoms with van der Waals surface area (Å²) in [6.45, 7) is 1.73. The van der Waals surface area contributed by atoms with Crippen molar-refractivity contribution in [1.29, 1.82) is 0 Å². The molecule has 0 aliphatic carbocycles. The molecule has 0 bridgehead atoms. The van der Waals surface area contributed by atoms with E-state index in [4.69, 9.17) is 9.47 Å². The normalized spacial score (nSPS) is 11.0. The number of hydrogen-bond donors (Lipinski definition) is 1. The molecule has 0 unspecified atom stereocenters. The molecule has 4 aromatic rings. The number of esters is 1. The number of pyridine rings is 1. The highest BCUT2D eigenvalue weighted by atomic mass is 19.3. The van der Waals surface area contributed by atoms with Gasteiger partial charge in [-0.05, 0) is 31.2 Å². The fourth-order valence-electron chi connectivity index (χ4n) is 4.46. The van der Waals surface area contributed by atoms with Gasteiger partial charge in [-0.2, -0.15) is 0 Å². The van der Waals surface area contributed by atoms with Crippen LogP contribution in [0.2, 0.25) is 0 Å². The van der Waals surface area contributed by atoms with Crippen LogP contribution in [0.3, 0.4) is 0 Å². The molecule has 10 nitrogen and oxygen atoms in total. The van der Waals surface area contributed by atoms with Gasteiger partial charge in [0.05, 0.1) is 43.1 Å². The number of anilines is 3. The van der Waals surface area contributed by atoms with E-state index in [1.54, 1.807) is 39.3 Å². The lowest BCUT2D eigenvalue weighted by atomic mass is 10.1. The lowest BCUT2D eigenvalue weighted by Crippen LogP contribution is -2.24. The largest absolute Gasteiger partial charge is 0.481 e. The van der Waals surface area contributed by atoms with Crippen LogP contribution in [0, 0.1) is 5.82 Å². The number of rotatable bonds is 12. The number of carbonyl (C=O) groups is 2. The summed E-state index contributed by atoms with van der Waals surface area (Å²) in [5.74, 6) is -0.838. The van der Waals surface area contributed by atoms with Crippen LogP contribution in [-0.2, 0) is 33.7 Å². The van der Waals surface area contributed by atoms with Crippen molar-refractivity contribution in [3.8, 4) is 5.88 Å². The number of likely N-dealkylation sites (N-methyl/N-ethyl adjacent to an activating group) is 1. The number of hydrogen-bond acceptors (Lipinski definition) is 9. The van der Waals surface area contributed by atoms with Crippen molar-refractivity contribution in [1.82, 2.24) is 19.9 Å². The van der Waals surface area contributed by atoms with E-state index in [-0.39, 0.29) is 49.1 Å². The van der Waals surface area contributed by atoms with Crippen LogP contribution in [0.1, 0.15) is 35.9 Å². The lowest BCUT2D eigenvalue weighted by molar-refractivity contribution is -0.142. The van der Waals surface area contributed by atoms with Crippen molar-refractivity contribution in [2.45, 2.75) is 32.7 Å². The molecule has 0 atom stereocenters. The highest BCUT2D eigenvalue weighted by molar-refractivity contribution is 5.93. The van der Waals surface area contributed by atoms with Gasteiger partial charge >= 0.3 is 5.97 Å². The van der Waals surface area contributed by atoms with Gasteiger partial charge < -0.3 is 24.6 Å². The second kappa shape index (κ2) is 14.0. The van der Waals surface area contributed by atoms with Crippen molar-refractivity contribution in [3.05, 3.63) is 77.0 Å². The summed E-state index contributed by atoms with van der Waals surface area (Å²) in [6.07, 6.45) is -1.44. The first kappa shape index (κ1) is 32.0. The Bertz CT molecular complexity index is 1670. The molecule has 0 saturated heterocycles. The van der Waals surface area contributed by atoms with Gasteiger partial charge in [-0.3, -0.25) is 9.59 Å². The monoisotopic (exact) mass is 610 g/mol. The molecule has 2 aromatic carbocycles. The molecule has 0 aliphatic rings. The van der Waals surface area contributed by atoms with Crippen molar-refractivity contribution in [2.24, 2.45) is 0 Å². The van der Waals surface area contributed by atoms with Crippen LogP contribution in [-0.4, -0.2) is 66.6 Å². The number of nitrogens with zero attached hydrogens (tertiary/aromatic N) is 5. The third kappa shape index (κ3) is 7.33. The van der Waals surface area contributed by atoms with E-state index in [1.165, 1.54) is 24.1 Å². The molecule has 0 aliphatic heterocycles. The minimum atomic E-state index is -2.96. The summed E-state index contributed by atoms with van der Waals surface area (Å²) in [4.78, 5) is 41.3. The highest BCUT2D eigenvalue weighted by Gasteiger charge is 2.19. The van der Waals surface area contributed by atoms with Gasteiger partial charge in [-0.1, -0.05) is 18.2 Å². The van der Waals surface area contributed by atoms with E-state index in [9.17, 15) is 22.8 Å². The molecular weight excluding hydrogens is 577 g/mol. The van der Waals surface area contributed by atoms with Gasteiger partial charge in [0.25, 0.3) is 6.43 Å². The van der Waals surface area contributed by atoms with Gasteiger partial charge in [0.2, 0.25) is 11.8 Å². The summed E-state index contributed by atoms with van der Waals surface area (Å²) in [5, 5.41) is 3.58. The standard InChI is InChI=1S/C31H33F3N6O4/c1-6-44-27(42)15-25-37-24-11-10-20(40(4)21-12-19(13-26(41)39(2)3)31(43-5)36-17-21)14-23(24)30(38-25)35-16-18-8-7-9-22(28(18)32)29(33)34/h7-12,14,17,29H,6,13,15-16H2,1-5H3,(H,35,37,38). The maximum Gasteiger partial charge on any atom is 0.313 e. The summed E-state index contributed by atoms with van der Waals surface area (Å²) in [7, 11) is 6.64. The van der Waals surface area contributed by atoms with Gasteiger partial charge in [0.15, 0.2) is 0 Å². The smallest absolute Gasteiger partial charge is 0.313 e. The molecule has 0 saturated carbocycles. The summed E-state index contributed by atoms with van der Waals surface area (Å²) < 4.78 is 51.7. The summed E-state index contributed by atoms with van der Waals surface area (Å²) >= 11 is 0. The molecule has 44 heavy (non-hydrogen) atoms. The third-order valence-corrected chi connectivity index (χ3v) is 6.84. The SMILES string of the molecule is CCOC(=O)Cc1nc(NCc2cccc(C(F)F)c2F)c2cc(N(C)c3cnc(OC)c(CC(=O)N(C)C)c3)ccc2n1. The number of carbonyl (C=O) groups excluding carboxylic acids is 2. The van der Waals surface area contributed by atoms with Crippen LogP contribution in [0.15, 0.2) is 48.7 Å². The average Bonchev–Trinajstić information content (AvgIpc) is 2.99. The Hall–Kier alpha value is -4.94. The Kier molecular flexibility index (Phi) is 10.2. The highest BCUT2D eigenvalue weighted by Crippen LogP contribution is 2.32. The van der Waals surface area contributed by atoms with Crippen LogP contribution >= 0.6 is 0 Å². The van der Waals surface area contributed by atoms with Gasteiger partial charge in [-0.25, -0.2) is 28.1 Å². The van der Waals surface area contributed by atoms with Gasteiger partial charge in [0, 0.05) is 49.9 Å². The second-order valence-electron chi connectivity index (χ2n) is 10.0. The summed E-state index contributed by atoms with van der Waals surface area (Å²) in [5.41, 5.74) is 1.81. The molecule has 232 valence electrons. The lowest BCUT2D eigenvalue weighted by Gasteiger charge is -2.22. The molecule has 0 radical (unpaired) electrons. The molecule has 1 N–H and O–H groups in total. The van der Waals surface area contributed by atoms with E-state index >= 15 is 0 Å². The minimum Gasteiger partial charge on any atom is -0.481 e. The number of aromatic nitrogens is 3. The number of methoxy groups -OCH3 is 1. The minimum absolute atomic E-state index is 0.0267. The van der Waals surface area contributed by atoms with E-state index in [0.29, 0.717) is 33.7 Å². The Balaban J connectivity index is 1.73. The molecule has 13 heteroatoms. The van der Waals surface area contributed by atoms with Crippen LogP contribution in [0.4, 0.5) is 30.4 Å². The van der Waals surface area contributed by atoms with E-state index in [1.807, 2.05) is 24.1 Å². The zero-order valence-corrected chi connectivity index (χ0v) is 25.0. The molecule has 2 aromatic heterocycles. The van der Waals surface area contributed by atoms with Gasteiger partial charge in [0.1, 0.15) is 23.9 Å². The fourth-order valence-corrected chi connectivity index (χ4v) is 4.46. The quantitative estimate of drug-likeness (QED) is 0.216. The van der Waals surface area contributed by atoms with Crippen LogP contribution < -0.4 is 15.0 Å². The van der Waals surface area contributed by atoms with Crippen molar-refractivity contribution >= 4 is 40.0 Å². The van der Waals surface area contributed by atoms with E-state index in [2.05, 4.69) is 20.3 Å². The predicted octanol–water partition coefficient (Wildman–Crippen LogP) is 5.23. The second-order valence-corrected chi connectivity index (χ2v) is 10.0. The molecular formula is C31H33F3N6O4. The summed E-state index contributed by atoms with van der Waals surface area (Å²) in [6, 6.07) is 11.0. The number of ether oxygens (including phenoxy) is 2. The van der Waals surface area contributed by atoms with E-state index in [0.717, 1.165) is 6.07 Å². The molecule has 2 heterocycles.